The van der Waals surface area contributed by atoms with Gasteiger partial charge in [0.25, 0.3) is 5.91 Å². The van der Waals surface area contributed by atoms with Crippen molar-refractivity contribution in [3.63, 3.8) is 0 Å². The van der Waals surface area contributed by atoms with Gasteiger partial charge in [0, 0.05) is 23.9 Å². The second-order valence-corrected chi connectivity index (χ2v) is 5.24. The molecule has 2 aromatic carbocycles. The Hall–Kier alpha value is -2.83. The van der Waals surface area contributed by atoms with Gasteiger partial charge in [-0.15, -0.1) is 0 Å². The molecule has 0 saturated carbocycles. The number of alkyl halides is 3. The lowest BCUT2D eigenvalue weighted by atomic mass is 10.1. The third-order valence-corrected chi connectivity index (χ3v) is 3.28. The fourth-order valence-corrected chi connectivity index (χ4v) is 2.04. The van der Waals surface area contributed by atoms with Gasteiger partial charge in [-0.2, -0.15) is 13.2 Å². The molecule has 0 bridgehead atoms. The highest BCUT2D eigenvalue weighted by Gasteiger charge is 2.30. The van der Waals surface area contributed by atoms with Crippen LogP contribution in [0.2, 0.25) is 0 Å². The van der Waals surface area contributed by atoms with Crippen molar-refractivity contribution in [1.29, 1.82) is 0 Å². The van der Waals surface area contributed by atoms with Crippen LogP contribution in [0.4, 0.5) is 24.5 Å². The van der Waals surface area contributed by atoms with Gasteiger partial charge in [0.2, 0.25) is 5.91 Å². The molecule has 2 rings (SSSR count). The zero-order valence-corrected chi connectivity index (χ0v) is 13.0. The van der Waals surface area contributed by atoms with E-state index in [-0.39, 0.29) is 11.5 Å². The van der Waals surface area contributed by atoms with Crippen LogP contribution in [0.15, 0.2) is 42.5 Å². The Bertz CT molecular complexity index is 768. The number of benzene rings is 2. The molecule has 0 radical (unpaired) electrons. The molecule has 0 aromatic heterocycles. The van der Waals surface area contributed by atoms with E-state index in [4.69, 9.17) is 0 Å². The molecule has 0 fully saturated rings. The number of nitrogens with one attached hydrogen (secondary N) is 2. The second kappa shape index (κ2) is 6.74. The van der Waals surface area contributed by atoms with E-state index in [9.17, 15) is 22.8 Å². The molecule has 2 amide bonds. The summed E-state index contributed by atoms with van der Waals surface area (Å²) in [5, 5.41) is 5.22. The van der Waals surface area contributed by atoms with Gasteiger partial charge < -0.3 is 10.6 Å². The minimum absolute atomic E-state index is 0.104. The maximum absolute atomic E-state index is 12.5. The summed E-state index contributed by atoms with van der Waals surface area (Å²) < 4.78 is 37.6. The highest BCUT2D eigenvalue weighted by Crippen LogP contribution is 2.29. The van der Waals surface area contributed by atoms with Crippen LogP contribution >= 0.6 is 0 Å². The molecule has 0 heterocycles. The summed E-state index contributed by atoms with van der Waals surface area (Å²) in [6, 6.07) is 8.93. The summed E-state index contributed by atoms with van der Waals surface area (Å²) in [6.07, 6.45) is -4.45. The van der Waals surface area contributed by atoms with E-state index in [1.165, 1.54) is 6.92 Å². The summed E-state index contributed by atoms with van der Waals surface area (Å²) >= 11 is 0. The maximum Gasteiger partial charge on any atom is 0.416 e. The largest absolute Gasteiger partial charge is 0.416 e. The van der Waals surface area contributed by atoms with Gasteiger partial charge in [0.05, 0.1) is 5.56 Å². The molecule has 126 valence electrons. The number of carbonyl (C=O) groups excluding carboxylic acids is 2. The van der Waals surface area contributed by atoms with E-state index in [1.807, 2.05) is 0 Å². The lowest BCUT2D eigenvalue weighted by molar-refractivity contribution is -0.137. The quantitative estimate of drug-likeness (QED) is 0.881. The molecular formula is C17H15F3N2O2. The zero-order valence-electron chi connectivity index (χ0n) is 13.0. The highest BCUT2D eigenvalue weighted by molar-refractivity contribution is 6.05. The van der Waals surface area contributed by atoms with Gasteiger partial charge in [0.1, 0.15) is 0 Å². The van der Waals surface area contributed by atoms with E-state index < -0.39 is 17.6 Å². The van der Waals surface area contributed by atoms with E-state index in [2.05, 4.69) is 10.6 Å². The number of aryl methyl sites for hydroxylation is 1. The number of rotatable bonds is 3. The minimum Gasteiger partial charge on any atom is -0.326 e. The molecule has 0 aliphatic carbocycles. The average Bonchev–Trinajstić information content (AvgIpc) is 2.49. The number of halogens is 3. The SMILES string of the molecule is CC(=O)Nc1ccc(C)c(NC(=O)c2ccc(C(F)(F)F)cc2)c1. The van der Waals surface area contributed by atoms with E-state index in [0.717, 1.165) is 29.8 Å². The Morgan fingerprint density at radius 1 is 0.958 bits per heavy atom. The molecule has 0 saturated heterocycles. The molecule has 2 aromatic rings. The first-order valence-electron chi connectivity index (χ1n) is 7.03. The number of hydrogen-bond donors (Lipinski definition) is 2. The maximum atomic E-state index is 12.5. The second-order valence-electron chi connectivity index (χ2n) is 5.24. The fraction of sp³-hybridized carbons (Fsp3) is 0.176. The van der Waals surface area contributed by atoms with Gasteiger partial charge in [0.15, 0.2) is 0 Å². The summed E-state index contributed by atoms with van der Waals surface area (Å²) in [6.45, 7) is 3.13. The number of carbonyl (C=O) groups is 2. The van der Waals surface area contributed by atoms with Gasteiger partial charge in [-0.25, -0.2) is 0 Å². The third kappa shape index (κ3) is 4.34. The number of anilines is 2. The summed E-state index contributed by atoms with van der Waals surface area (Å²) in [4.78, 5) is 23.3. The summed E-state index contributed by atoms with van der Waals surface area (Å²) in [5.74, 6) is -0.786. The van der Waals surface area contributed by atoms with Crippen molar-refractivity contribution in [1.82, 2.24) is 0 Å². The van der Waals surface area contributed by atoms with Crippen LogP contribution in [-0.4, -0.2) is 11.8 Å². The van der Waals surface area contributed by atoms with Crippen LogP contribution in [0.3, 0.4) is 0 Å². The minimum atomic E-state index is -4.45. The Labute approximate surface area is 136 Å². The molecule has 7 heteroatoms. The highest BCUT2D eigenvalue weighted by atomic mass is 19.4. The fourth-order valence-electron chi connectivity index (χ4n) is 2.04. The Morgan fingerprint density at radius 2 is 1.58 bits per heavy atom. The standard InChI is InChI=1S/C17H15F3N2O2/c1-10-3-8-14(21-11(2)23)9-15(10)22-16(24)12-4-6-13(7-5-12)17(18,19)20/h3-9H,1-2H3,(H,21,23)(H,22,24). The Balaban J connectivity index is 2.18. The number of hydrogen-bond acceptors (Lipinski definition) is 2. The van der Waals surface area contributed by atoms with Crippen LogP contribution < -0.4 is 10.6 Å². The Morgan fingerprint density at radius 3 is 2.12 bits per heavy atom. The van der Waals surface area contributed by atoms with Crippen molar-refractivity contribution in [2.45, 2.75) is 20.0 Å². The van der Waals surface area contributed by atoms with Gasteiger partial charge >= 0.3 is 6.18 Å². The molecule has 0 spiro atoms. The Kier molecular flexibility index (Phi) is 4.92. The van der Waals surface area contributed by atoms with E-state index in [1.54, 1.807) is 25.1 Å². The predicted molar refractivity (Wildman–Crippen MR) is 84.9 cm³/mol. The van der Waals surface area contributed by atoms with Crippen LogP contribution in [0.1, 0.15) is 28.4 Å². The van der Waals surface area contributed by atoms with E-state index >= 15 is 0 Å². The lowest BCUT2D eigenvalue weighted by Gasteiger charge is -2.12. The molecule has 0 unspecified atom stereocenters. The van der Waals surface area contributed by atoms with Crippen molar-refractivity contribution >= 4 is 23.2 Å². The van der Waals surface area contributed by atoms with Crippen molar-refractivity contribution in [3.05, 3.63) is 59.2 Å². The lowest BCUT2D eigenvalue weighted by Crippen LogP contribution is -2.14. The zero-order chi connectivity index (χ0) is 17.9. The monoisotopic (exact) mass is 336 g/mol. The molecule has 0 aliphatic rings. The first-order chi connectivity index (χ1) is 11.2. The molecule has 2 N–H and O–H groups in total. The van der Waals surface area contributed by atoms with Gasteiger partial charge in [-0.3, -0.25) is 9.59 Å². The van der Waals surface area contributed by atoms with Crippen molar-refractivity contribution in [2.24, 2.45) is 0 Å². The summed E-state index contributed by atoms with van der Waals surface area (Å²) in [7, 11) is 0. The topological polar surface area (TPSA) is 58.2 Å². The van der Waals surface area contributed by atoms with Crippen LogP contribution in [-0.2, 0) is 11.0 Å². The molecule has 24 heavy (non-hydrogen) atoms. The van der Waals surface area contributed by atoms with Gasteiger partial charge in [-0.05, 0) is 48.9 Å². The molecular weight excluding hydrogens is 321 g/mol. The van der Waals surface area contributed by atoms with Crippen LogP contribution in [0.5, 0.6) is 0 Å². The van der Waals surface area contributed by atoms with Crippen molar-refractivity contribution in [2.75, 3.05) is 10.6 Å². The average molecular weight is 336 g/mol. The molecule has 4 nitrogen and oxygen atoms in total. The molecule has 0 aliphatic heterocycles. The smallest absolute Gasteiger partial charge is 0.326 e. The van der Waals surface area contributed by atoms with Gasteiger partial charge in [-0.1, -0.05) is 6.07 Å². The van der Waals surface area contributed by atoms with Crippen molar-refractivity contribution in [3.8, 4) is 0 Å². The predicted octanol–water partition coefficient (Wildman–Crippen LogP) is 4.22. The molecule has 0 atom stereocenters. The van der Waals surface area contributed by atoms with Crippen LogP contribution in [0.25, 0.3) is 0 Å². The van der Waals surface area contributed by atoms with Crippen molar-refractivity contribution < 1.29 is 22.8 Å². The van der Waals surface area contributed by atoms with E-state index in [0.29, 0.717) is 11.4 Å². The summed E-state index contributed by atoms with van der Waals surface area (Å²) in [5.41, 5.74) is 1.02. The normalized spacial score (nSPS) is 11.0. The first-order valence-corrected chi connectivity index (χ1v) is 7.03. The van der Waals surface area contributed by atoms with Crippen LogP contribution in [0, 0.1) is 6.92 Å². The third-order valence-electron chi connectivity index (χ3n) is 3.28. The first kappa shape index (κ1) is 17.5. The number of amides is 2.